The fourth-order valence-corrected chi connectivity index (χ4v) is 1.86. The van der Waals surface area contributed by atoms with Gasteiger partial charge in [-0.2, -0.15) is 5.10 Å². The van der Waals surface area contributed by atoms with Gasteiger partial charge in [0.25, 0.3) is 0 Å². The zero-order chi connectivity index (χ0) is 15.1. The number of hydrogen-bond acceptors (Lipinski definition) is 3. The van der Waals surface area contributed by atoms with E-state index in [0.717, 1.165) is 5.69 Å². The van der Waals surface area contributed by atoms with Crippen molar-refractivity contribution in [3.63, 3.8) is 0 Å². The normalized spacial score (nSPS) is 10.6. The molecule has 0 radical (unpaired) electrons. The Morgan fingerprint density at radius 1 is 1.50 bits per heavy atom. The molecule has 1 aromatic heterocycles. The first-order valence-corrected chi connectivity index (χ1v) is 6.65. The van der Waals surface area contributed by atoms with Gasteiger partial charge in [-0.05, 0) is 19.9 Å². The highest BCUT2D eigenvalue weighted by Crippen LogP contribution is 2.01. The van der Waals surface area contributed by atoms with E-state index in [0.29, 0.717) is 13.0 Å². The van der Waals surface area contributed by atoms with E-state index in [9.17, 15) is 9.59 Å². The van der Waals surface area contributed by atoms with Crippen LogP contribution in [-0.4, -0.2) is 50.9 Å². The zero-order valence-corrected chi connectivity index (χ0v) is 12.2. The van der Waals surface area contributed by atoms with Gasteiger partial charge in [-0.1, -0.05) is 0 Å². The lowest BCUT2D eigenvalue weighted by atomic mass is 10.3. The van der Waals surface area contributed by atoms with Gasteiger partial charge in [0.2, 0.25) is 0 Å². The number of rotatable bonds is 7. The van der Waals surface area contributed by atoms with Crippen LogP contribution in [0.5, 0.6) is 0 Å². The highest BCUT2D eigenvalue weighted by molar-refractivity contribution is 5.75. The molecule has 0 bridgehead atoms. The molecule has 0 aliphatic carbocycles. The Bertz CT molecular complexity index is 456. The van der Waals surface area contributed by atoms with Gasteiger partial charge in [0.1, 0.15) is 0 Å². The van der Waals surface area contributed by atoms with E-state index in [-0.39, 0.29) is 25.0 Å². The van der Waals surface area contributed by atoms with Crippen molar-refractivity contribution in [2.24, 2.45) is 7.05 Å². The summed E-state index contributed by atoms with van der Waals surface area (Å²) < 4.78 is 1.76. The summed E-state index contributed by atoms with van der Waals surface area (Å²) in [5.41, 5.74) is 1.03. The largest absolute Gasteiger partial charge is 0.481 e. The number of amides is 2. The number of carbonyl (C=O) groups is 2. The smallest absolute Gasteiger partial charge is 0.317 e. The number of carboxylic acids is 1. The molecule has 112 valence electrons. The fourth-order valence-electron chi connectivity index (χ4n) is 1.86. The summed E-state index contributed by atoms with van der Waals surface area (Å²) in [5.74, 6) is -0.904. The van der Waals surface area contributed by atoms with Crippen LogP contribution >= 0.6 is 0 Å². The molecule has 0 atom stereocenters. The first-order valence-electron chi connectivity index (χ1n) is 6.65. The summed E-state index contributed by atoms with van der Waals surface area (Å²) in [6.07, 6.45) is 2.35. The van der Waals surface area contributed by atoms with E-state index < -0.39 is 5.97 Å². The van der Waals surface area contributed by atoms with Crippen LogP contribution in [0, 0.1) is 0 Å². The van der Waals surface area contributed by atoms with E-state index in [1.807, 2.05) is 27.0 Å². The first-order chi connectivity index (χ1) is 9.41. The quantitative estimate of drug-likeness (QED) is 0.776. The molecule has 0 fully saturated rings. The molecular formula is C13H22N4O3. The van der Waals surface area contributed by atoms with E-state index in [4.69, 9.17) is 5.11 Å². The molecule has 20 heavy (non-hydrogen) atoms. The number of aromatic nitrogens is 2. The van der Waals surface area contributed by atoms with Crippen LogP contribution in [0.15, 0.2) is 12.3 Å². The predicted octanol–water partition coefficient (Wildman–Crippen LogP) is 0.857. The lowest BCUT2D eigenvalue weighted by molar-refractivity contribution is -0.137. The molecule has 2 N–H and O–H groups in total. The van der Waals surface area contributed by atoms with Crippen molar-refractivity contribution in [1.82, 2.24) is 20.0 Å². The molecular weight excluding hydrogens is 260 g/mol. The molecule has 1 aromatic rings. The number of aliphatic carboxylic acids is 1. The second kappa shape index (κ2) is 7.52. The zero-order valence-electron chi connectivity index (χ0n) is 12.2. The van der Waals surface area contributed by atoms with Gasteiger partial charge >= 0.3 is 12.0 Å². The Kier molecular flexibility index (Phi) is 6.02. The third-order valence-corrected chi connectivity index (χ3v) is 3.03. The van der Waals surface area contributed by atoms with Crippen LogP contribution in [-0.2, 0) is 18.3 Å². The second-order valence-electron chi connectivity index (χ2n) is 4.86. The summed E-state index contributed by atoms with van der Waals surface area (Å²) in [4.78, 5) is 24.1. The average Bonchev–Trinajstić information content (AvgIpc) is 2.74. The summed E-state index contributed by atoms with van der Waals surface area (Å²) >= 11 is 0. The van der Waals surface area contributed by atoms with Crippen molar-refractivity contribution in [1.29, 1.82) is 0 Å². The molecule has 0 spiro atoms. The molecule has 0 aliphatic rings. The summed E-state index contributed by atoms with van der Waals surface area (Å²) in [7, 11) is 1.85. The minimum absolute atomic E-state index is 0.0361. The highest BCUT2D eigenvalue weighted by atomic mass is 16.4. The Morgan fingerprint density at radius 3 is 2.70 bits per heavy atom. The van der Waals surface area contributed by atoms with Gasteiger partial charge in [0.05, 0.1) is 6.42 Å². The standard InChI is InChI=1S/C13H22N4O3/c1-10(2)17(9-6-12(18)19)13(20)14-7-4-11-5-8-15-16(11)3/h5,8,10H,4,6-7,9H2,1-3H3,(H,14,20)(H,18,19). The number of carbonyl (C=O) groups excluding carboxylic acids is 1. The molecule has 7 nitrogen and oxygen atoms in total. The minimum atomic E-state index is -0.904. The van der Waals surface area contributed by atoms with Crippen molar-refractivity contribution in [3.05, 3.63) is 18.0 Å². The van der Waals surface area contributed by atoms with Crippen molar-refractivity contribution in [2.45, 2.75) is 32.7 Å². The topological polar surface area (TPSA) is 87.5 Å². The highest BCUT2D eigenvalue weighted by Gasteiger charge is 2.17. The van der Waals surface area contributed by atoms with Crippen LogP contribution in [0.2, 0.25) is 0 Å². The van der Waals surface area contributed by atoms with Crippen LogP contribution < -0.4 is 5.32 Å². The summed E-state index contributed by atoms with van der Waals surface area (Å²) in [6.45, 7) is 4.43. The number of carboxylic acid groups (broad SMARTS) is 1. The van der Waals surface area contributed by atoms with Gasteiger partial charge in [-0.25, -0.2) is 4.79 Å². The maximum absolute atomic E-state index is 12.0. The van der Waals surface area contributed by atoms with E-state index in [1.165, 1.54) is 4.90 Å². The number of urea groups is 1. The third-order valence-electron chi connectivity index (χ3n) is 3.03. The number of nitrogens with zero attached hydrogens (tertiary/aromatic N) is 3. The summed E-state index contributed by atoms with van der Waals surface area (Å²) in [6, 6.07) is 1.63. The molecule has 2 amide bonds. The first kappa shape index (κ1) is 16.0. The average molecular weight is 282 g/mol. The summed E-state index contributed by atoms with van der Waals surface area (Å²) in [5, 5.41) is 15.6. The van der Waals surface area contributed by atoms with Gasteiger partial charge in [0, 0.05) is 44.5 Å². The van der Waals surface area contributed by atoms with Gasteiger partial charge < -0.3 is 15.3 Å². The Labute approximate surface area is 118 Å². The van der Waals surface area contributed by atoms with Crippen LogP contribution in [0.3, 0.4) is 0 Å². The van der Waals surface area contributed by atoms with Crippen molar-refractivity contribution < 1.29 is 14.7 Å². The van der Waals surface area contributed by atoms with E-state index >= 15 is 0 Å². The van der Waals surface area contributed by atoms with Crippen LogP contribution in [0.25, 0.3) is 0 Å². The maximum Gasteiger partial charge on any atom is 0.317 e. The molecule has 0 saturated heterocycles. The van der Waals surface area contributed by atoms with Crippen LogP contribution in [0.1, 0.15) is 26.0 Å². The third kappa shape index (κ3) is 4.91. The molecule has 0 aliphatic heterocycles. The Hall–Kier alpha value is -2.05. The maximum atomic E-state index is 12.0. The predicted molar refractivity (Wildman–Crippen MR) is 74.4 cm³/mol. The van der Waals surface area contributed by atoms with Crippen molar-refractivity contribution in [2.75, 3.05) is 13.1 Å². The molecule has 1 rings (SSSR count). The lowest BCUT2D eigenvalue weighted by Crippen LogP contribution is -2.45. The van der Waals surface area contributed by atoms with Crippen molar-refractivity contribution in [3.8, 4) is 0 Å². The van der Waals surface area contributed by atoms with E-state index in [1.54, 1.807) is 10.9 Å². The number of nitrogens with one attached hydrogen (secondary N) is 1. The molecule has 0 unspecified atom stereocenters. The molecule has 1 heterocycles. The molecule has 0 saturated carbocycles. The Balaban J connectivity index is 2.42. The van der Waals surface area contributed by atoms with Crippen molar-refractivity contribution >= 4 is 12.0 Å². The molecule has 0 aromatic carbocycles. The monoisotopic (exact) mass is 282 g/mol. The fraction of sp³-hybridized carbons (Fsp3) is 0.615. The second-order valence-corrected chi connectivity index (χ2v) is 4.86. The SMILES string of the molecule is CC(C)N(CCC(=O)O)C(=O)NCCc1ccnn1C. The molecule has 7 heteroatoms. The van der Waals surface area contributed by atoms with Gasteiger partial charge in [0.15, 0.2) is 0 Å². The van der Waals surface area contributed by atoms with Gasteiger partial charge in [-0.3, -0.25) is 9.48 Å². The lowest BCUT2D eigenvalue weighted by Gasteiger charge is -2.26. The number of hydrogen-bond donors (Lipinski definition) is 2. The van der Waals surface area contributed by atoms with Gasteiger partial charge in [-0.15, -0.1) is 0 Å². The Morgan fingerprint density at radius 2 is 2.20 bits per heavy atom. The van der Waals surface area contributed by atoms with Crippen LogP contribution in [0.4, 0.5) is 4.79 Å². The minimum Gasteiger partial charge on any atom is -0.481 e. The number of aryl methyl sites for hydroxylation is 1. The van der Waals surface area contributed by atoms with E-state index in [2.05, 4.69) is 10.4 Å².